The van der Waals surface area contributed by atoms with E-state index in [0.717, 1.165) is 61.5 Å². The molecule has 162 valence electrons. The lowest BCUT2D eigenvalue weighted by atomic mass is 10.1. The second kappa shape index (κ2) is 9.82. The molecule has 0 spiro atoms. The topological polar surface area (TPSA) is 47.4 Å². The van der Waals surface area contributed by atoms with Crippen LogP contribution >= 0.6 is 0 Å². The average Bonchev–Trinajstić information content (AvgIpc) is 3.35. The number of imidazole rings is 1. The Balaban J connectivity index is 1.41. The minimum absolute atomic E-state index is 0.168. The molecule has 1 aliphatic rings. The van der Waals surface area contributed by atoms with E-state index >= 15 is 0 Å². The molecule has 1 aromatic heterocycles. The molecule has 1 amide bonds. The summed E-state index contributed by atoms with van der Waals surface area (Å²) in [5.74, 6) is 2.39. The lowest BCUT2D eigenvalue weighted by Gasteiger charge is -2.15. The number of nitrogens with zero attached hydrogens (tertiary/aromatic N) is 3. The van der Waals surface area contributed by atoms with E-state index in [1.807, 2.05) is 42.2 Å². The maximum atomic E-state index is 12.3. The summed E-state index contributed by atoms with van der Waals surface area (Å²) in [6.07, 6.45) is 5.23. The van der Waals surface area contributed by atoms with E-state index in [9.17, 15) is 4.79 Å². The zero-order valence-electron chi connectivity index (χ0n) is 18.3. The first-order valence-corrected chi connectivity index (χ1v) is 11.3. The number of likely N-dealkylation sites (N-methyl/N-ethyl adjacent to an activating group) is 1. The number of allylic oxidation sites excluding steroid dienone is 1. The van der Waals surface area contributed by atoms with E-state index < -0.39 is 0 Å². The summed E-state index contributed by atoms with van der Waals surface area (Å²) in [5, 5.41) is 0. The second-order valence-electron chi connectivity index (χ2n) is 8.10. The number of rotatable bonds is 10. The summed E-state index contributed by atoms with van der Waals surface area (Å²) in [6.45, 7) is 8.96. The molecule has 1 unspecified atom stereocenters. The Morgan fingerprint density at radius 1 is 1.16 bits per heavy atom. The molecule has 0 bridgehead atoms. The van der Waals surface area contributed by atoms with Gasteiger partial charge in [0, 0.05) is 32.0 Å². The van der Waals surface area contributed by atoms with Crippen molar-refractivity contribution in [3.63, 3.8) is 0 Å². The molecule has 5 nitrogen and oxygen atoms in total. The van der Waals surface area contributed by atoms with Crippen LogP contribution < -0.4 is 4.74 Å². The normalized spacial score (nSPS) is 16.2. The van der Waals surface area contributed by atoms with Gasteiger partial charge in [-0.1, -0.05) is 36.4 Å². The highest BCUT2D eigenvalue weighted by atomic mass is 16.5. The molecule has 2 aromatic carbocycles. The van der Waals surface area contributed by atoms with Crippen LogP contribution in [0.25, 0.3) is 11.0 Å². The van der Waals surface area contributed by atoms with Crippen LogP contribution in [-0.4, -0.2) is 40.1 Å². The summed E-state index contributed by atoms with van der Waals surface area (Å²) < 4.78 is 8.36. The molecular weight excluding hydrogens is 386 g/mol. The minimum atomic E-state index is 0.168. The molecule has 4 rings (SSSR count). The SMILES string of the molecule is C=CCc1ccccc1OCCCCn1c(C2CC(=O)N(CC)C2)nc2ccccc21. The van der Waals surface area contributed by atoms with Crippen LogP contribution in [0.15, 0.2) is 61.2 Å². The van der Waals surface area contributed by atoms with Gasteiger partial charge in [-0.25, -0.2) is 4.98 Å². The number of unbranched alkanes of at least 4 members (excludes halogenated alkanes) is 1. The van der Waals surface area contributed by atoms with Crippen molar-refractivity contribution in [3.05, 3.63) is 72.6 Å². The summed E-state index contributed by atoms with van der Waals surface area (Å²) in [6, 6.07) is 16.4. The molecule has 0 aliphatic carbocycles. The lowest BCUT2D eigenvalue weighted by Crippen LogP contribution is -2.24. The van der Waals surface area contributed by atoms with Crippen LogP contribution in [0, 0.1) is 0 Å². The van der Waals surface area contributed by atoms with E-state index in [1.54, 1.807) is 0 Å². The summed E-state index contributed by atoms with van der Waals surface area (Å²) >= 11 is 0. The number of carbonyl (C=O) groups is 1. The predicted octanol–water partition coefficient (Wildman–Crippen LogP) is 4.96. The van der Waals surface area contributed by atoms with Crippen molar-refractivity contribution in [1.29, 1.82) is 0 Å². The number of aryl methyl sites for hydroxylation is 1. The summed E-state index contributed by atoms with van der Waals surface area (Å²) in [5.41, 5.74) is 3.33. The second-order valence-corrected chi connectivity index (χ2v) is 8.10. The largest absolute Gasteiger partial charge is 0.493 e. The molecule has 1 saturated heterocycles. The van der Waals surface area contributed by atoms with Gasteiger partial charge in [0.2, 0.25) is 5.91 Å². The van der Waals surface area contributed by atoms with Crippen molar-refractivity contribution in [2.75, 3.05) is 19.7 Å². The lowest BCUT2D eigenvalue weighted by molar-refractivity contribution is -0.127. The molecule has 0 radical (unpaired) electrons. The number of benzene rings is 2. The first-order valence-electron chi connectivity index (χ1n) is 11.3. The Morgan fingerprint density at radius 2 is 1.97 bits per heavy atom. The summed E-state index contributed by atoms with van der Waals surface area (Å²) in [7, 11) is 0. The number of hydrogen-bond donors (Lipinski definition) is 0. The predicted molar refractivity (Wildman–Crippen MR) is 124 cm³/mol. The number of hydrogen-bond acceptors (Lipinski definition) is 3. The Kier molecular flexibility index (Phi) is 6.70. The van der Waals surface area contributed by atoms with Gasteiger partial charge in [-0.2, -0.15) is 0 Å². The fourth-order valence-electron chi connectivity index (χ4n) is 4.41. The molecular formula is C26H31N3O2. The van der Waals surface area contributed by atoms with Crippen LogP contribution in [0.3, 0.4) is 0 Å². The van der Waals surface area contributed by atoms with Gasteiger partial charge in [0.25, 0.3) is 0 Å². The number of ether oxygens (including phenoxy) is 1. The van der Waals surface area contributed by atoms with Gasteiger partial charge >= 0.3 is 0 Å². The van der Waals surface area contributed by atoms with Crippen LogP contribution in [-0.2, 0) is 17.8 Å². The number of aromatic nitrogens is 2. The van der Waals surface area contributed by atoms with Gasteiger partial charge in [0.05, 0.1) is 17.6 Å². The molecule has 1 atom stereocenters. The Bertz CT molecular complexity index is 1060. The van der Waals surface area contributed by atoms with E-state index in [2.05, 4.69) is 35.4 Å². The molecule has 2 heterocycles. The molecule has 1 fully saturated rings. The fraction of sp³-hybridized carbons (Fsp3) is 0.385. The third-order valence-electron chi connectivity index (χ3n) is 6.02. The van der Waals surface area contributed by atoms with Gasteiger partial charge in [-0.15, -0.1) is 6.58 Å². The first-order chi connectivity index (χ1) is 15.2. The highest BCUT2D eigenvalue weighted by Crippen LogP contribution is 2.30. The van der Waals surface area contributed by atoms with Gasteiger partial charge in [-0.05, 0) is 49.9 Å². The molecule has 0 N–H and O–H groups in total. The quantitative estimate of drug-likeness (QED) is 0.346. The zero-order valence-corrected chi connectivity index (χ0v) is 18.3. The Labute approximate surface area is 184 Å². The van der Waals surface area contributed by atoms with E-state index in [-0.39, 0.29) is 11.8 Å². The smallest absolute Gasteiger partial charge is 0.223 e. The third kappa shape index (κ3) is 4.66. The molecule has 0 saturated carbocycles. The average molecular weight is 418 g/mol. The van der Waals surface area contributed by atoms with Crippen LogP contribution in [0.1, 0.15) is 43.5 Å². The van der Waals surface area contributed by atoms with Gasteiger partial charge in [-0.3, -0.25) is 4.79 Å². The molecule has 1 aliphatic heterocycles. The minimum Gasteiger partial charge on any atom is -0.493 e. The van der Waals surface area contributed by atoms with Crippen molar-refractivity contribution < 1.29 is 9.53 Å². The Morgan fingerprint density at radius 3 is 2.77 bits per heavy atom. The van der Waals surface area contributed by atoms with Crippen LogP contribution in [0.5, 0.6) is 5.75 Å². The number of carbonyl (C=O) groups excluding carboxylic acids is 1. The van der Waals surface area contributed by atoms with Crippen molar-refractivity contribution >= 4 is 16.9 Å². The van der Waals surface area contributed by atoms with Gasteiger partial charge in [0.15, 0.2) is 0 Å². The van der Waals surface area contributed by atoms with E-state index in [4.69, 9.17) is 9.72 Å². The zero-order chi connectivity index (χ0) is 21.6. The van der Waals surface area contributed by atoms with Crippen molar-refractivity contribution in [2.45, 2.75) is 45.1 Å². The molecule has 3 aromatic rings. The van der Waals surface area contributed by atoms with Crippen LogP contribution in [0.2, 0.25) is 0 Å². The third-order valence-corrected chi connectivity index (χ3v) is 6.02. The Hall–Kier alpha value is -3.08. The van der Waals surface area contributed by atoms with Crippen molar-refractivity contribution in [2.24, 2.45) is 0 Å². The van der Waals surface area contributed by atoms with Crippen molar-refractivity contribution in [1.82, 2.24) is 14.5 Å². The van der Waals surface area contributed by atoms with E-state index in [1.165, 1.54) is 5.56 Å². The molecule has 31 heavy (non-hydrogen) atoms. The summed E-state index contributed by atoms with van der Waals surface area (Å²) in [4.78, 5) is 19.1. The maximum absolute atomic E-state index is 12.3. The molecule has 5 heteroatoms. The highest BCUT2D eigenvalue weighted by molar-refractivity contribution is 5.80. The standard InChI is InChI=1S/C26H31N3O2/c1-3-11-20-12-5-8-15-24(20)31-17-10-9-16-29-23-14-7-6-13-22(23)27-26(29)21-18-25(30)28(4-2)19-21/h3,5-8,12-15,21H,1,4,9-11,16-19H2,2H3. The number of para-hydroxylation sites is 3. The monoisotopic (exact) mass is 417 g/mol. The fourth-order valence-corrected chi connectivity index (χ4v) is 4.41. The van der Waals surface area contributed by atoms with Crippen LogP contribution in [0.4, 0.5) is 0 Å². The van der Waals surface area contributed by atoms with E-state index in [0.29, 0.717) is 13.0 Å². The number of amides is 1. The first kappa shape index (κ1) is 21.2. The van der Waals surface area contributed by atoms with Gasteiger partial charge in [0.1, 0.15) is 11.6 Å². The maximum Gasteiger partial charge on any atom is 0.223 e. The van der Waals surface area contributed by atoms with Crippen molar-refractivity contribution in [3.8, 4) is 5.75 Å². The number of likely N-dealkylation sites (tertiary alicyclic amines) is 1. The number of fused-ring (bicyclic) bond motifs is 1. The highest BCUT2D eigenvalue weighted by Gasteiger charge is 2.32. The van der Waals surface area contributed by atoms with Gasteiger partial charge < -0.3 is 14.2 Å².